The van der Waals surface area contributed by atoms with Crippen LogP contribution in [-0.2, 0) is 9.59 Å². The van der Waals surface area contributed by atoms with Gasteiger partial charge in [-0.3, -0.25) is 20.4 Å². The molecule has 3 aromatic rings. The van der Waals surface area contributed by atoms with Gasteiger partial charge in [0.25, 0.3) is 11.1 Å². The van der Waals surface area contributed by atoms with Gasteiger partial charge in [-0.15, -0.1) is 0 Å². The minimum absolute atomic E-state index is 0.00928. The fourth-order valence-electron chi connectivity index (χ4n) is 2.09. The molecule has 0 spiro atoms. The number of aromatic nitrogens is 2. The lowest BCUT2D eigenvalue weighted by molar-refractivity contribution is -0.128. The van der Waals surface area contributed by atoms with Gasteiger partial charge in [0.1, 0.15) is 5.75 Å². The average molecular weight is 398 g/mol. The van der Waals surface area contributed by atoms with Crippen molar-refractivity contribution in [3.05, 3.63) is 60.2 Å². The maximum Gasteiger partial charge on any atom is 0.286 e. The SMILES string of the molecule is Cc1ccc(-c2noc(SCC(=O)NNC(=O)COc3ccccc3)n2)cc1. The Morgan fingerprint density at radius 1 is 1.04 bits per heavy atom. The van der Waals surface area contributed by atoms with Crippen LogP contribution >= 0.6 is 11.8 Å². The minimum Gasteiger partial charge on any atom is -0.484 e. The first-order chi connectivity index (χ1) is 13.6. The molecule has 0 atom stereocenters. The lowest BCUT2D eigenvalue weighted by atomic mass is 10.1. The van der Waals surface area contributed by atoms with Crippen LogP contribution in [0.15, 0.2) is 64.3 Å². The quantitative estimate of drug-likeness (QED) is 0.465. The van der Waals surface area contributed by atoms with Crippen LogP contribution in [0.3, 0.4) is 0 Å². The summed E-state index contributed by atoms with van der Waals surface area (Å²) in [7, 11) is 0. The summed E-state index contributed by atoms with van der Waals surface area (Å²) in [5, 5.41) is 4.16. The number of hydrogen-bond donors (Lipinski definition) is 2. The number of hydrazine groups is 1. The molecule has 0 radical (unpaired) electrons. The third kappa shape index (κ3) is 5.85. The summed E-state index contributed by atoms with van der Waals surface area (Å²) in [4.78, 5) is 27.8. The number of nitrogens with zero attached hydrogens (tertiary/aromatic N) is 2. The van der Waals surface area contributed by atoms with Crippen LogP contribution in [0, 0.1) is 6.92 Å². The normalized spacial score (nSPS) is 10.3. The van der Waals surface area contributed by atoms with Crippen LogP contribution in [0.2, 0.25) is 0 Å². The molecule has 8 nitrogen and oxygen atoms in total. The molecule has 0 aliphatic rings. The van der Waals surface area contributed by atoms with Crippen molar-refractivity contribution in [2.75, 3.05) is 12.4 Å². The summed E-state index contributed by atoms with van der Waals surface area (Å²) in [6.07, 6.45) is 0. The summed E-state index contributed by atoms with van der Waals surface area (Å²) >= 11 is 1.07. The second-order valence-corrected chi connectivity index (χ2v) is 6.66. The van der Waals surface area contributed by atoms with E-state index >= 15 is 0 Å². The zero-order valence-electron chi connectivity index (χ0n) is 15.0. The maximum atomic E-state index is 11.8. The number of nitrogens with one attached hydrogen (secondary N) is 2. The van der Waals surface area contributed by atoms with Gasteiger partial charge >= 0.3 is 0 Å². The zero-order chi connectivity index (χ0) is 19.8. The first-order valence-corrected chi connectivity index (χ1v) is 9.38. The van der Waals surface area contributed by atoms with Crippen LogP contribution in [-0.4, -0.2) is 34.3 Å². The van der Waals surface area contributed by atoms with Crippen molar-refractivity contribution in [2.24, 2.45) is 0 Å². The second-order valence-electron chi connectivity index (χ2n) is 5.74. The number of benzene rings is 2. The van der Waals surface area contributed by atoms with Crippen molar-refractivity contribution in [3.8, 4) is 17.1 Å². The van der Waals surface area contributed by atoms with Gasteiger partial charge in [-0.25, -0.2) is 0 Å². The summed E-state index contributed by atoms with van der Waals surface area (Å²) in [5.74, 6) is 0.152. The number of thioether (sulfide) groups is 1. The zero-order valence-corrected chi connectivity index (χ0v) is 15.9. The Balaban J connectivity index is 1.38. The van der Waals surface area contributed by atoms with Gasteiger partial charge < -0.3 is 9.26 Å². The van der Waals surface area contributed by atoms with Crippen LogP contribution in [0.4, 0.5) is 0 Å². The van der Waals surface area contributed by atoms with E-state index in [0.717, 1.165) is 22.9 Å². The molecule has 2 N–H and O–H groups in total. The van der Waals surface area contributed by atoms with E-state index in [9.17, 15) is 9.59 Å². The summed E-state index contributed by atoms with van der Waals surface area (Å²) in [5.41, 5.74) is 6.55. The van der Waals surface area contributed by atoms with E-state index in [1.54, 1.807) is 24.3 Å². The van der Waals surface area contributed by atoms with E-state index in [0.29, 0.717) is 11.6 Å². The van der Waals surface area contributed by atoms with Crippen molar-refractivity contribution in [1.29, 1.82) is 0 Å². The highest BCUT2D eigenvalue weighted by Crippen LogP contribution is 2.21. The Labute approximate surface area is 165 Å². The molecular formula is C19H18N4O4S. The summed E-state index contributed by atoms with van der Waals surface area (Å²) in [6, 6.07) is 16.6. The summed E-state index contributed by atoms with van der Waals surface area (Å²) < 4.78 is 10.4. The van der Waals surface area contributed by atoms with Crippen molar-refractivity contribution < 1.29 is 18.8 Å². The number of rotatable bonds is 7. The van der Waals surface area contributed by atoms with Crippen LogP contribution in [0.25, 0.3) is 11.4 Å². The number of amides is 2. The molecule has 0 saturated heterocycles. The molecule has 0 bridgehead atoms. The molecule has 0 aliphatic carbocycles. The van der Waals surface area contributed by atoms with E-state index in [1.165, 1.54) is 0 Å². The molecule has 28 heavy (non-hydrogen) atoms. The largest absolute Gasteiger partial charge is 0.484 e. The molecule has 144 valence electrons. The first-order valence-electron chi connectivity index (χ1n) is 8.39. The number of aryl methyl sites for hydroxylation is 1. The van der Waals surface area contributed by atoms with Crippen LogP contribution in [0.1, 0.15) is 5.56 Å². The Morgan fingerprint density at radius 3 is 2.50 bits per heavy atom. The Bertz CT molecular complexity index is 929. The van der Waals surface area contributed by atoms with Gasteiger partial charge in [-0.1, -0.05) is 64.9 Å². The predicted molar refractivity (Wildman–Crippen MR) is 103 cm³/mol. The molecule has 1 aromatic heterocycles. The predicted octanol–water partition coefficient (Wildman–Crippen LogP) is 2.36. The molecule has 1 heterocycles. The standard InChI is InChI=1S/C19H18N4O4S/c1-13-7-9-14(10-8-13)18-20-19(27-23-18)28-12-17(25)22-21-16(24)11-26-15-5-3-2-4-6-15/h2-10H,11-12H2,1H3,(H,21,24)(H,22,25). The van der Waals surface area contributed by atoms with E-state index in [4.69, 9.17) is 9.26 Å². The van der Waals surface area contributed by atoms with E-state index in [-0.39, 0.29) is 17.6 Å². The fourth-order valence-corrected chi connectivity index (χ4v) is 2.66. The van der Waals surface area contributed by atoms with E-state index in [2.05, 4.69) is 21.0 Å². The Morgan fingerprint density at radius 2 is 1.75 bits per heavy atom. The topological polar surface area (TPSA) is 106 Å². The number of para-hydroxylation sites is 1. The monoisotopic (exact) mass is 398 g/mol. The van der Waals surface area contributed by atoms with Gasteiger partial charge in [0.15, 0.2) is 6.61 Å². The molecule has 0 fully saturated rings. The molecule has 2 amide bonds. The minimum atomic E-state index is -0.471. The molecule has 0 saturated carbocycles. The Hall–Kier alpha value is -3.33. The number of carbonyl (C=O) groups excluding carboxylic acids is 2. The average Bonchev–Trinajstić information content (AvgIpc) is 3.19. The molecular weight excluding hydrogens is 380 g/mol. The summed E-state index contributed by atoms with van der Waals surface area (Å²) in [6.45, 7) is 1.79. The number of carbonyl (C=O) groups is 2. The molecule has 9 heteroatoms. The second kappa shape index (κ2) is 9.56. The van der Waals surface area contributed by atoms with Crippen LogP contribution in [0.5, 0.6) is 5.75 Å². The molecule has 2 aromatic carbocycles. The van der Waals surface area contributed by atoms with Crippen molar-refractivity contribution in [1.82, 2.24) is 21.0 Å². The lowest BCUT2D eigenvalue weighted by Crippen LogP contribution is -2.44. The molecule has 0 aliphatic heterocycles. The van der Waals surface area contributed by atoms with E-state index < -0.39 is 11.8 Å². The van der Waals surface area contributed by atoms with Gasteiger partial charge in [0, 0.05) is 5.56 Å². The highest BCUT2D eigenvalue weighted by atomic mass is 32.2. The van der Waals surface area contributed by atoms with Crippen molar-refractivity contribution >= 4 is 23.6 Å². The van der Waals surface area contributed by atoms with Gasteiger partial charge in [-0.2, -0.15) is 4.98 Å². The van der Waals surface area contributed by atoms with Gasteiger partial charge in [0.2, 0.25) is 11.7 Å². The lowest BCUT2D eigenvalue weighted by Gasteiger charge is -2.08. The third-order valence-electron chi connectivity index (χ3n) is 3.50. The van der Waals surface area contributed by atoms with Gasteiger partial charge in [0.05, 0.1) is 5.75 Å². The highest BCUT2D eigenvalue weighted by molar-refractivity contribution is 7.99. The third-order valence-corrected chi connectivity index (χ3v) is 4.32. The number of ether oxygens (including phenoxy) is 1. The fraction of sp³-hybridized carbons (Fsp3) is 0.158. The highest BCUT2D eigenvalue weighted by Gasteiger charge is 2.12. The first kappa shape index (κ1) is 19.4. The maximum absolute atomic E-state index is 11.8. The molecule has 0 unspecified atom stereocenters. The van der Waals surface area contributed by atoms with Gasteiger partial charge in [-0.05, 0) is 19.1 Å². The molecule has 3 rings (SSSR count). The smallest absolute Gasteiger partial charge is 0.286 e. The Kier molecular flexibility index (Phi) is 6.64. The van der Waals surface area contributed by atoms with Crippen molar-refractivity contribution in [3.63, 3.8) is 0 Å². The van der Waals surface area contributed by atoms with Crippen LogP contribution < -0.4 is 15.6 Å². The van der Waals surface area contributed by atoms with Crippen molar-refractivity contribution in [2.45, 2.75) is 12.1 Å². The van der Waals surface area contributed by atoms with E-state index in [1.807, 2.05) is 37.3 Å². The number of hydrogen-bond acceptors (Lipinski definition) is 7.